The van der Waals surface area contributed by atoms with Crippen molar-refractivity contribution in [3.05, 3.63) is 57.5 Å². The molecule has 0 amide bonds. The first-order valence-electron chi connectivity index (χ1n) is 15.8. The Morgan fingerprint density at radius 1 is 1.07 bits per heavy atom. The Hall–Kier alpha value is -2.75. The highest BCUT2D eigenvalue weighted by Gasteiger charge is 2.58. The number of piperidine rings is 1. The number of Topliss-reactive ketones (excluding diaryl/α,β-unsaturated/α-hetero) is 1. The topological polar surface area (TPSA) is 79.2 Å². The Balaban J connectivity index is 1.33. The number of aliphatic hydroxyl groups is 1. The van der Waals surface area contributed by atoms with E-state index in [0.717, 1.165) is 58.0 Å². The number of fused-ring (bicyclic) bond motifs is 4. The van der Waals surface area contributed by atoms with E-state index in [9.17, 15) is 9.70 Å². The Morgan fingerprint density at radius 2 is 1.88 bits per heavy atom. The standard InChI is InChI=1S/C35H44N2O4/c1-35-22-30(24-7-11-27(12-8-24)37-17-3-2-4-18-37)34-28-14-10-26(36-40)21-25(28)9-13-29(34)31(35)15-16-32(35)33(39)23-41-20-6-5-19-38/h7-8,11-12,21,26,29-32,38H,2-4,9-10,13-20,22-23H2,1H3/t26?,29-,30+,31-,32+,35-/m0/s1. The summed E-state index contributed by atoms with van der Waals surface area (Å²) in [4.78, 5) is 27.5. The van der Waals surface area contributed by atoms with Gasteiger partial charge < -0.3 is 14.7 Å². The van der Waals surface area contributed by atoms with Crippen LogP contribution in [0.25, 0.3) is 0 Å². The van der Waals surface area contributed by atoms with Gasteiger partial charge in [0.25, 0.3) is 0 Å². The molecule has 3 fully saturated rings. The van der Waals surface area contributed by atoms with E-state index in [2.05, 4.69) is 59.2 Å². The van der Waals surface area contributed by atoms with E-state index in [1.54, 1.807) is 5.57 Å². The van der Waals surface area contributed by atoms with Crippen molar-refractivity contribution in [2.45, 2.75) is 83.1 Å². The summed E-state index contributed by atoms with van der Waals surface area (Å²) in [6.07, 6.45) is 12.8. The first-order valence-corrected chi connectivity index (χ1v) is 15.8. The van der Waals surface area contributed by atoms with Gasteiger partial charge in [0.15, 0.2) is 5.78 Å². The summed E-state index contributed by atoms with van der Waals surface area (Å²) < 4.78 is 5.62. The molecule has 4 aliphatic carbocycles. The van der Waals surface area contributed by atoms with Crippen molar-refractivity contribution in [1.82, 2.24) is 0 Å². The number of benzene rings is 1. The Labute approximate surface area is 244 Å². The summed E-state index contributed by atoms with van der Waals surface area (Å²) in [6, 6.07) is 9.15. The molecular formula is C35H44N2O4. The number of rotatable bonds is 7. The van der Waals surface area contributed by atoms with Crippen LogP contribution in [-0.2, 0) is 9.53 Å². The van der Waals surface area contributed by atoms with E-state index >= 15 is 0 Å². The molecular weight excluding hydrogens is 512 g/mol. The van der Waals surface area contributed by atoms with Crippen LogP contribution in [0.1, 0.15) is 82.6 Å². The predicted octanol–water partition coefficient (Wildman–Crippen LogP) is 6.34. The van der Waals surface area contributed by atoms with Crippen LogP contribution in [0.2, 0.25) is 0 Å². The van der Waals surface area contributed by atoms with Gasteiger partial charge >= 0.3 is 0 Å². The highest BCUT2D eigenvalue weighted by Crippen LogP contribution is 2.65. The second-order valence-corrected chi connectivity index (χ2v) is 13.1. The third kappa shape index (κ3) is 5.44. The van der Waals surface area contributed by atoms with Gasteiger partial charge in [-0.15, -0.1) is 0 Å². The fraction of sp³-hybridized carbons (Fsp3) is 0.629. The van der Waals surface area contributed by atoms with Gasteiger partial charge in [0, 0.05) is 30.6 Å². The van der Waals surface area contributed by atoms with Gasteiger partial charge in [-0.05, 0) is 110 Å². The summed E-state index contributed by atoms with van der Waals surface area (Å²) in [5.74, 6) is 6.78. The summed E-state index contributed by atoms with van der Waals surface area (Å²) in [6.45, 7) is 4.73. The molecule has 2 saturated carbocycles. The number of hydrogen-bond acceptors (Lipinski definition) is 6. The zero-order valence-electron chi connectivity index (χ0n) is 24.4. The van der Waals surface area contributed by atoms with Crippen LogP contribution >= 0.6 is 0 Å². The number of ether oxygens (including phenoxy) is 1. The minimum atomic E-state index is -0.197. The molecule has 5 aliphatic rings. The molecule has 218 valence electrons. The largest absolute Gasteiger partial charge is 0.384 e. The van der Waals surface area contributed by atoms with Gasteiger partial charge in [0.2, 0.25) is 0 Å². The molecule has 6 rings (SSSR count). The van der Waals surface area contributed by atoms with Gasteiger partial charge in [0.05, 0.1) is 0 Å². The van der Waals surface area contributed by atoms with Crippen LogP contribution < -0.4 is 4.90 Å². The van der Waals surface area contributed by atoms with E-state index < -0.39 is 0 Å². The molecule has 0 spiro atoms. The third-order valence-electron chi connectivity index (χ3n) is 11.0. The first-order chi connectivity index (χ1) is 20.0. The number of nitroso groups, excluding NO2 is 1. The summed E-state index contributed by atoms with van der Waals surface area (Å²) >= 11 is 0. The number of allylic oxidation sites excluding steroid dienone is 3. The van der Waals surface area contributed by atoms with Gasteiger partial charge in [-0.2, -0.15) is 4.91 Å². The predicted molar refractivity (Wildman–Crippen MR) is 162 cm³/mol. The van der Waals surface area contributed by atoms with Crippen LogP contribution in [0.5, 0.6) is 0 Å². The number of nitrogens with zero attached hydrogens (tertiary/aromatic N) is 2. The number of ketones is 1. The molecule has 1 aliphatic heterocycles. The fourth-order valence-corrected chi connectivity index (χ4v) is 9.17. The molecule has 1 unspecified atom stereocenters. The van der Waals surface area contributed by atoms with E-state index in [-0.39, 0.29) is 48.9 Å². The highest BCUT2D eigenvalue weighted by atomic mass is 16.5. The normalized spacial score (nSPS) is 32.7. The molecule has 6 nitrogen and oxygen atoms in total. The van der Waals surface area contributed by atoms with Crippen LogP contribution in [-0.4, -0.2) is 49.8 Å². The van der Waals surface area contributed by atoms with Crippen molar-refractivity contribution in [3.8, 4) is 11.8 Å². The molecule has 6 atom stereocenters. The van der Waals surface area contributed by atoms with Crippen molar-refractivity contribution < 1.29 is 14.6 Å². The van der Waals surface area contributed by atoms with Crippen molar-refractivity contribution in [3.63, 3.8) is 0 Å². The second kappa shape index (κ2) is 12.2. The minimum Gasteiger partial charge on any atom is -0.384 e. The van der Waals surface area contributed by atoms with Crippen molar-refractivity contribution >= 4 is 11.5 Å². The average molecular weight is 557 g/mol. The quantitative estimate of drug-likeness (QED) is 0.241. The maximum Gasteiger partial charge on any atom is 0.162 e. The number of carbonyl (C=O) groups is 1. The van der Waals surface area contributed by atoms with Crippen LogP contribution in [0.3, 0.4) is 0 Å². The summed E-state index contributed by atoms with van der Waals surface area (Å²) in [7, 11) is 0. The van der Waals surface area contributed by atoms with Gasteiger partial charge in [0.1, 0.15) is 25.9 Å². The lowest BCUT2D eigenvalue weighted by Crippen LogP contribution is -2.45. The average Bonchev–Trinajstić information content (AvgIpc) is 3.37. The Morgan fingerprint density at radius 3 is 2.63 bits per heavy atom. The van der Waals surface area contributed by atoms with Crippen LogP contribution in [0.4, 0.5) is 5.69 Å². The zero-order valence-corrected chi connectivity index (χ0v) is 24.4. The molecule has 1 aromatic rings. The lowest BCUT2D eigenvalue weighted by atomic mass is 9.51. The SMILES string of the molecule is C[C@]12C[C@H](c3ccc(N4CCCCC4)cc3)C3=C4CCC(N=O)C=C4CC[C@H]3[C@@H]1CC[C@@H]2C(=O)COCC#CCO. The maximum atomic E-state index is 13.6. The monoisotopic (exact) mass is 556 g/mol. The minimum absolute atomic E-state index is 0.00749. The first kappa shape index (κ1) is 28.4. The second-order valence-electron chi connectivity index (χ2n) is 13.1. The number of hydrogen-bond donors (Lipinski definition) is 1. The maximum absolute atomic E-state index is 13.6. The van der Waals surface area contributed by atoms with Crippen molar-refractivity contribution in [2.75, 3.05) is 37.8 Å². The lowest BCUT2D eigenvalue weighted by molar-refractivity contribution is -0.131. The van der Waals surface area contributed by atoms with Crippen molar-refractivity contribution in [2.24, 2.45) is 28.3 Å². The van der Waals surface area contributed by atoms with Crippen LogP contribution in [0, 0.1) is 39.9 Å². The van der Waals surface area contributed by atoms with Gasteiger partial charge in [-0.1, -0.05) is 47.7 Å². The molecule has 0 bridgehead atoms. The van der Waals surface area contributed by atoms with E-state index in [0.29, 0.717) is 11.8 Å². The Kier molecular flexibility index (Phi) is 8.47. The molecule has 1 heterocycles. The Bertz CT molecular complexity index is 1270. The molecule has 1 saturated heterocycles. The van der Waals surface area contributed by atoms with Gasteiger partial charge in [-0.3, -0.25) is 4.79 Å². The van der Waals surface area contributed by atoms with E-state index in [1.165, 1.54) is 41.7 Å². The lowest BCUT2D eigenvalue weighted by Gasteiger charge is -2.52. The summed E-state index contributed by atoms with van der Waals surface area (Å²) in [5.41, 5.74) is 7.06. The highest BCUT2D eigenvalue weighted by molar-refractivity contribution is 5.83. The molecule has 1 N–H and O–H groups in total. The molecule has 6 heteroatoms. The van der Waals surface area contributed by atoms with Crippen LogP contribution in [0.15, 0.2) is 52.2 Å². The third-order valence-corrected chi connectivity index (χ3v) is 11.0. The number of carbonyl (C=O) groups excluding carboxylic acids is 1. The fourth-order valence-electron chi connectivity index (χ4n) is 9.17. The molecule has 41 heavy (non-hydrogen) atoms. The zero-order chi connectivity index (χ0) is 28.4. The number of aliphatic hydroxyl groups excluding tert-OH is 1. The number of anilines is 1. The smallest absolute Gasteiger partial charge is 0.162 e. The summed E-state index contributed by atoms with van der Waals surface area (Å²) in [5, 5.41) is 12.3. The van der Waals surface area contributed by atoms with Crippen molar-refractivity contribution in [1.29, 1.82) is 0 Å². The van der Waals surface area contributed by atoms with Gasteiger partial charge in [-0.25, -0.2) is 0 Å². The molecule has 0 radical (unpaired) electrons. The molecule has 1 aromatic carbocycles. The molecule has 0 aromatic heterocycles. The van der Waals surface area contributed by atoms with E-state index in [4.69, 9.17) is 9.84 Å². The van der Waals surface area contributed by atoms with E-state index in [1.807, 2.05) is 0 Å².